The maximum atomic E-state index is 12.0. The van der Waals surface area contributed by atoms with Gasteiger partial charge in [0, 0.05) is 16.3 Å². The SMILES string of the molecule is Cc1cc(N2Cc3ccccc3OC2=O)ccc1Cl. The van der Waals surface area contributed by atoms with Crippen molar-refractivity contribution < 1.29 is 9.53 Å². The van der Waals surface area contributed by atoms with Crippen molar-refractivity contribution in [2.75, 3.05) is 4.90 Å². The van der Waals surface area contributed by atoms with Gasteiger partial charge in [0.05, 0.1) is 6.54 Å². The third-order valence-corrected chi connectivity index (χ3v) is 3.60. The van der Waals surface area contributed by atoms with Crippen molar-refractivity contribution in [1.82, 2.24) is 0 Å². The second kappa shape index (κ2) is 4.59. The number of rotatable bonds is 1. The molecule has 0 fully saturated rings. The smallest absolute Gasteiger partial charge is 0.410 e. The van der Waals surface area contributed by atoms with Gasteiger partial charge in [-0.15, -0.1) is 0 Å². The molecule has 4 heteroatoms. The molecule has 2 aromatic carbocycles. The summed E-state index contributed by atoms with van der Waals surface area (Å²) in [6.45, 7) is 2.42. The average molecular weight is 274 g/mol. The van der Waals surface area contributed by atoms with Gasteiger partial charge in [-0.3, -0.25) is 4.90 Å². The highest BCUT2D eigenvalue weighted by Gasteiger charge is 2.25. The third-order valence-electron chi connectivity index (χ3n) is 3.17. The Morgan fingerprint density at radius 2 is 2.00 bits per heavy atom. The molecule has 0 aromatic heterocycles. The fourth-order valence-corrected chi connectivity index (χ4v) is 2.23. The molecule has 0 spiro atoms. The Kier molecular flexibility index (Phi) is 2.91. The van der Waals surface area contributed by atoms with Crippen LogP contribution >= 0.6 is 11.6 Å². The van der Waals surface area contributed by atoms with Crippen LogP contribution in [0.1, 0.15) is 11.1 Å². The lowest BCUT2D eigenvalue weighted by Crippen LogP contribution is -2.36. The first-order valence-corrected chi connectivity index (χ1v) is 6.36. The first kappa shape index (κ1) is 12.1. The summed E-state index contributed by atoms with van der Waals surface area (Å²) in [7, 11) is 0. The predicted molar refractivity (Wildman–Crippen MR) is 74.8 cm³/mol. The number of hydrogen-bond acceptors (Lipinski definition) is 2. The van der Waals surface area contributed by atoms with Gasteiger partial charge in [-0.1, -0.05) is 29.8 Å². The number of hydrogen-bond donors (Lipinski definition) is 0. The highest BCUT2D eigenvalue weighted by Crippen LogP contribution is 2.30. The lowest BCUT2D eigenvalue weighted by atomic mass is 10.1. The molecule has 1 heterocycles. The van der Waals surface area contributed by atoms with Crippen LogP contribution in [-0.4, -0.2) is 6.09 Å². The molecule has 0 bridgehead atoms. The largest absolute Gasteiger partial charge is 0.420 e. The van der Waals surface area contributed by atoms with Crippen LogP contribution in [0.2, 0.25) is 5.02 Å². The van der Waals surface area contributed by atoms with Crippen LogP contribution < -0.4 is 9.64 Å². The van der Waals surface area contributed by atoms with E-state index in [0.717, 1.165) is 16.8 Å². The molecule has 0 saturated heterocycles. The molecule has 0 N–H and O–H groups in total. The molecule has 1 aliphatic rings. The molecule has 1 amide bonds. The van der Waals surface area contributed by atoms with Crippen molar-refractivity contribution >= 4 is 23.4 Å². The van der Waals surface area contributed by atoms with Gasteiger partial charge in [0.1, 0.15) is 5.75 Å². The number of anilines is 1. The Morgan fingerprint density at radius 3 is 2.79 bits per heavy atom. The van der Waals surface area contributed by atoms with Crippen LogP contribution in [0.5, 0.6) is 5.75 Å². The Morgan fingerprint density at radius 1 is 1.21 bits per heavy atom. The monoisotopic (exact) mass is 273 g/mol. The minimum atomic E-state index is -0.361. The van der Waals surface area contributed by atoms with E-state index in [2.05, 4.69) is 0 Å². The number of benzene rings is 2. The van der Waals surface area contributed by atoms with Gasteiger partial charge in [-0.05, 0) is 36.8 Å². The third kappa shape index (κ3) is 2.17. The zero-order valence-electron chi connectivity index (χ0n) is 10.4. The van der Waals surface area contributed by atoms with Crippen molar-refractivity contribution in [3.63, 3.8) is 0 Å². The molecule has 0 aliphatic carbocycles. The zero-order chi connectivity index (χ0) is 13.4. The van der Waals surface area contributed by atoms with E-state index in [0.29, 0.717) is 17.3 Å². The molecule has 3 nitrogen and oxygen atoms in total. The maximum absolute atomic E-state index is 12.0. The van der Waals surface area contributed by atoms with E-state index in [1.165, 1.54) is 0 Å². The number of amides is 1. The van der Waals surface area contributed by atoms with Crippen molar-refractivity contribution in [3.8, 4) is 5.75 Å². The van der Waals surface area contributed by atoms with Crippen LogP contribution in [0, 0.1) is 6.92 Å². The highest BCUT2D eigenvalue weighted by molar-refractivity contribution is 6.31. The standard InChI is InChI=1S/C15H12ClNO2/c1-10-8-12(6-7-13(10)16)17-9-11-4-2-3-5-14(11)19-15(17)18/h2-8H,9H2,1H3. The molecule has 0 unspecified atom stereocenters. The summed E-state index contributed by atoms with van der Waals surface area (Å²) in [5.74, 6) is 0.634. The van der Waals surface area contributed by atoms with Crippen LogP contribution in [-0.2, 0) is 6.54 Å². The first-order valence-electron chi connectivity index (χ1n) is 5.98. The zero-order valence-corrected chi connectivity index (χ0v) is 11.1. The van der Waals surface area contributed by atoms with Crippen molar-refractivity contribution in [1.29, 1.82) is 0 Å². The fourth-order valence-electron chi connectivity index (χ4n) is 2.11. The molecular formula is C15H12ClNO2. The number of halogens is 1. The summed E-state index contributed by atoms with van der Waals surface area (Å²) in [6.07, 6.45) is -0.361. The summed E-state index contributed by atoms with van der Waals surface area (Å²) in [6, 6.07) is 13.1. The Labute approximate surface area is 116 Å². The normalized spacial score (nSPS) is 14.0. The van der Waals surface area contributed by atoms with Crippen molar-refractivity contribution in [2.45, 2.75) is 13.5 Å². The molecule has 0 atom stereocenters. The predicted octanol–water partition coefficient (Wildman–Crippen LogP) is 4.17. The molecule has 0 radical (unpaired) electrons. The topological polar surface area (TPSA) is 29.5 Å². The van der Waals surface area contributed by atoms with Crippen LogP contribution in [0.25, 0.3) is 0 Å². The number of aryl methyl sites for hydroxylation is 1. The fraction of sp³-hybridized carbons (Fsp3) is 0.133. The summed E-state index contributed by atoms with van der Waals surface area (Å²) in [4.78, 5) is 13.6. The number of fused-ring (bicyclic) bond motifs is 1. The summed E-state index contributed by atoms with van der Waals surface area (Å²) < 4.78 is 5.32. The molecular weight excluding hydrogens is 262 g/mol. The Balaban J connectivity index is 1.98. The average Bonchev–Trinajstić information content (AvgIpc) is 2.41. The van der Waals surface area contributed by atoms with Crippen LogP contribution in [0.3, 0.4) is 0 Å². The van der Waals surface area contributed by atoms with E-state index in [1.54, 1.807) is 17.0 Å². The van der Waals surface area contributed by atoms with Gasteiger partial charge in [0.15, 0.2) is 0 Å². The van der Waals surface area contributed by atoms with E-state index in [1.807, 2.05) is 37.3 Å². The van der Waals surface area contributed by atoms with Crippen LogP contribution in [0.15, 0.2) is 42.5 Å². The summed E-state index contributed by atoms with van der Waals surface area (Å²) in [5.41, 5.74) is 2.72. The number of carbonyl (C=O) groups is 1. The second-order valence-electron chi connectivity index (χ2n) is 4.50. The summed E-state index contributed by atoms with van der Waals surface area (Å²) in [5, 5.41) is 0.689. The highest BCUT2D eigenvalue weighted by atomic mass is 35.5. The van der Waals surface area contributed by atoms with E-state index < -0.39 is 0 Å². The lowest BCUT2D eigenvalue weighted by Gasteiger charge is -2.28. The van der Waals surface area contributed by atoms with Crippen molar-refractivity contribution in [3.05, 3.63) is 58.6 Å². The molecule has 19 heavy (non-hydrogen) atoms. The molecule has 96 valence electrons. The van der Waals surface area contributed by atoms with Gasteiger partial charge < -0.3 is 4.74 Å². The van der Waals surface area contributed by atoms with E-state index >= 15 is 0 Å². The van der Waals surface area contributed by atoms with Crippen LogP contribution in [0.4, 0.5) is 10.5 Å². The quantitative estimate of drug-likeness (QED) is 0.780. The number of carbonyl (C=O) groups excluding carboxylic acids is 1. The number of para-hydroxylation sites is 1. The lowest BCUT2D eigenvalue weighted by molar-refractivity contribution is 0.203. The molecule has 2 aromatic rings. The Hall–Kier alpha value is -2.00. The van der Waals surface area contributed by atoms with Gasteiger partial charge in [-0.25, -0.2) is 4.79 Å². The number of ether oxygens (including phenoxy) is 1. The van der Waals surface area contributed by atoms with E-state index in [9.17, 15) is 4.79 Å². The minimum Gasteiger partial charge on any atom is -0.410 e. The van der Waals surface area contributed by atoms with Gasteiger partial charge in [0.2, 0.25) is 0 Å². The van der Waals surface area contributed by atoms with E-state index in [4.69, 9.17) is 16.3 Å². The minimum absolute atomic E-state index is 0.361. The first-order chi connectivity index (χ1) is 9.15. The summed E-state index contributed by atoms with van der Waals surface area (Å²) >= 11 is 6.00. The Bertz CT molecular complexity index is 654. The van der Waals surface area contributed by atoms with Crippen molar-refractivity contribution in [2.24, 2.45) is 0 Å². The molecule has 1 aliphatic heterocycles. The number of nitrogens with zero attached hydrogens (tertiary/aromatic N) is 1. The molecule has 0 saturated carbocycles. The molecule has 3 rings (SSSR count). The maximum Gasteiger partial charge on any atom is 0.420 e. The van der Waals surface area contributed by atoms with E-state index in [-0.39, 0.29) is 6.09 Å². The van der Waals surface area contributed by atoms with Gasteiger partial charge >= 0.3 is 6.09 Å². The second-order valence-corrected chi connectivity index (χ2v) is 4.90. The van der Waals surface area contributed by atoms with Gasteiger partial charge in [0.25, 0.3) is 0 Å². The van der Waals surface area contributed by atoms with Gasteiger partial charge in [-0.2, -0.15) is 0 Å².